The van der Waals surface area contributed by atoms with Gasteiger partial charge in [0.15, 0.2) is 5.16 Å². The summed E-state index contributed by atoms with van der Waals surface area (Å²) < 4.78 is 1.54. The van der Waals surface area contributed by atoms with E-state index in [1.165, 1.54) is 16.3 Å². The monoisotopic (exact) mass is 303 g/mol. The van der Waals surface area contributed by atoms with Crippen molar-refractivity contribution in [3.8, 4) is 0 Å². The van der Waals surface area contributed by atoms with Gasteiger partial charge in [-0.1, -0.05) is 18.2 Å². The Labute approximate surface area is 123 Å². The Morgan fingerprint density at radius 1 is 1.38 bits per heavy atom. The average Bonchev–Trinajstić information content (AvgIpc) is 2.87. The minimum absolute atomic E-state index is 0.240. The van der Waals surface area contributed by atoms with E-state index >= 15 is 0 Å². The SMILES string of the molecule is CCn1c(Sc2nc(NN)nc3ccccc23)n[nH]c1=O. The molecule has 0 fully saturated rings. The van der Waals surface area contributed by atoms with Crippen molar-refractivity contribution in [2.75, 3.05) is 5.43 Å². The summed E-state index contributed by atoms with van der Waals surface area (Å²) in [5.41, 5.74) is 2.97. The number of benzene rings is 1. The van der Waals surface area contributed by atoms with Gasteiger partial charge in [-0.25, -0.2) is 25.7 Å². The first-order valence-electron chi connectivity index (χ1n) is 6.29. The summed E-state index contributed by atoms with van der Waals surface area (Å²) in [5.74, 6) is 5.72. The summed E-state index contributed by atoms with van der Waals surface area (Å²) in [5, 5.41) is 8.57. The molecule has 0 unspecified atom stereocenters. The first-order chi connectivity index (χ1) is 10.2. The second-order valence-corrected chi connectivity index (χ2v) is 5.13. The maximum atomic E-state index is 11.6. The number of hydrazine groups is 1. The zero-order valence-electron chi connectivity index (χ0n) is 11.2. The van der Waals surface area contributed by atoms with E-state index in [9.17, 15) is 4.79 Å². The number of anilines is 1. The van der Waals surface area contributed by atoms with E-state index in [0.717, 1.165) is 10.9 Å². The number of aromatic amines is 1. The summed E-state index contributed by atoms with van der Waals surface area (Å²) in [6, 6.07) is 7.59. The molecule has 3 aromatic rings. The van der Waals surface area contributed by atoms with Gasteiger partial charge in [0.05, 0.1) is 5.52 Å². The molecule has 4 N–H and O–H groups in total. The maximum Gasteiger partial charge on any atom is 0.343 e. The number of nitrogens with two attached hydrogens (primary N) is 1. The Morgan fingerprint density at radius 3 is 2.95 bits per heavy atom. The predicted molar refractivity (Wildman–Crippen MR) is 80.0 cm³/mol. The van der Waals surface area contributed by atoms with Crippen molar-refractivity contribution < 1.29 is 0 Å². The molecule has 0 atom stereocenters. The third-order valence-electron chi connectivity index (χ3n) is 2.92. The molecular weight excluding hydrogens is 290 g/mol. The molecule has 0 spiro atoms. The molecule has 21 heavy (non-hydrogen) atoms. The van der Waals surface area contributed by atoms with Gasteiger partial charge in [0.2, 0.25) is 5.95 Å². The van der Waals surface area contributed by atoms with Crippen LogP contribution < -0.4 is 17.0 Å². The van der Waals surface area contributed by atoms with Crippen LogP contribution in [0.15, 0.2) is 39.2 Å². The zero-order valence-corrected chi connectivity index (χ0v) is 12.0. The Kier molecular flexibility index (Phi) is 3.59. The van der Waals surface area contributed by atoms with E-state index in [4.69, 9.17) is 5.84 Å². The van der Waals surface area contributed by atoms with Gasteiger partial charge >= 0.3 is 5.69 Å². The molecule has 0 saturated heterocycles. The van der Waals surface area contributed by atoms with Crippen LogP contribution in [0.25, 0.3) is 10.9 Å². The van der Waals surface area contributed by atoms with Gasteiger partial charge in [-0.15, -0.1) is 5.10 Å². The largest absolute Gasteiger partial charge is 0.343 e. The van der Waals surface area contributed by atoms with Crippen molar-refractivity contribution in [2.24, 2.45) is 5.84 Å². The number of aromatic nitrogens is 5. The number of H-pyrrole nitrogens is 1. The highest BCUT2D eigenvalue weighted by atomic mass is 32.2. The number of para-hydroxylation sites is 1. The molecule has 0 aliphatic carbocycles. The molecular formula is C12H13N7OS. The van der Waals surface area contributed by atoms with Crippen molar-refractivity contribution in [3.05, 3.63) is 34.7 Å². The van der Waals surface area contributed by atoms with Gasteiger partial charge in [-0.2, -0.15) is 0 Å². The summed E-state index contributed by atoms with van der Waals surface area (Å²) in [6.07, 6.45) is 0. The molecule has 0 radical (unpaired) electrons. The third-order valence-corrected chi connectivity index (χ3v) is 3.92. The van der Waals surface area contributed by atoms with Crippen LogP contribution in [-0.2, 0) is 6.54 Å². The lowest BCUT2D eigenvalue weighted by molar-refractivity contribution is 0.660. The molecule has 0 amide bonds. The number of hydrogen-bond acceptors (Lipinski definition) is 7. The number of nitrogen functional groups attached to an aromatic ring is 1. The highest BCUT2D eigenvalue weighted by Gasteiger charge is 2.13. The van der Waals surface area contributed by atoms with Crippen molar-refractivity contribution in [1.29, 1.82) is 0 Å². The van der Waals surface area contributed by atoms with E-state index in [-0.39, 0.29) is 5.69 Å². The Hall–Kier alpha value is -2.39. The highest BCUT2D eigenvalue weighted by molar-refractivity contribution is 7.99. The zero-order chi connectivity index (χ0) is 14.8. The van der Waals surface area contributed by atoms with Crippen LogP contribution in [0.1, 0.15) is 6.92 Å². The number of nitrogens with one attached hydrogen (secondary N) is 2. The molecule has 0 bridgehead atoms. The molecule has 0 saturated carbocycles. The second kappa shape index (κ2) is 5.54. The standard InChI is InChI=1S/C12H13N7OS/c1-2-19-11(20)17-18-12(19)21-9-7-5-3-4-6-8(7)14-10(15-9)16-13/h3-6H,2,13H2,1H3,(H,17,20)(H,14,15,16). The van der Waals surface area contributed by atoms with Crippen LogP contribution in [0.2, 0.25) is 0 Å². The van der Waals surface area contributed by atoms with Crippen LogP contribution >= 0.6 is 11.8 Å². The smallest absolute Gasteiger partial charge is 0.292 e. The second-order valence-electron chi connectivity index (χ2n) is 4.17. The van der Waals surface area contributed by atoms with Crippen LogP contribution in [-0.4, -0.2) is 24.7 Å². The number of nitrogens with zero attached hydrogens (tertiary/aromatic N) is 4. The lowest BCUT2D eigenvalue weighted by Crippen LogP contribution is -2.16. The molecule has 0 aliphatic heterocycles. The van der Waals surface area contributed by atoms with Crippen LogP contribution in [0.4, 0.5) is 5.95 Å². The van der Waals surface area contributed by atoms with Gasteiger partial charge < -0.3 is 0 Å². The lowest BCUT2D eigenvalue weighted by Gasteiger charge is -2.07. The average molecular weight is 303 g/mol. The van der Waals surface area contributed by atoms with Crippen LogP contribution in [0.5, 0.6) is 0 Å². The summed E-state index contributed by atoms with van der Waals surface area (Å²) >= 11 is 1.29. The predicted octanol–water partition coefficient (Wildman–Crippen LogP) is 0.971. The van der Waals surface area contributed by atoms with E-state index in [2.05, 4.69) is 25.6 Å². The Bertz CT molecular complexity index is 841. The van der Waals surface area contributed by atoms with Crippen molar-refractivity contribution in [3.63, 3.8) is 0 Å². The van der Waals surface area contributed by atoms with E-state index in [1.54, 1.807) is 0 Å². The Morgan fingerprint density at radius 2 is 2.19 bits per heavy atom. The van der Waals surface area contributed by atoms with Crippen LogP contribution in [0, 0.1) is 0 Å². The summed E-state index contributed by atoms with van der Waals surface area (Å²) in [4.78, 5) is 20.2. The molecule has 8 nitrogen and oxygen atoms in total. The molecule has 3 rings (SSSR count). The Balaban J connectivity index is 2.13. The van der Waals surface area contributed by atoms with Gasteiger partial charge in [0.1, 0.15) is 5.03 Å². The molecule has 2 aromatic heterocycles. The van der Waals surface area contributed by atoms with Crippen molar-refractivity contribution in [1.82, 2.24) is 24.7 Å². The first-order valence-corrected chi connectivity index (χ1v) is 7.11. The first kappa shape index (κ1) is 13.6. The van der Waals surface area contributed by atoms with Gasteiger partial charge in [0, 0.05) is 11.9 Å². The molecule has 0 aliphatic rings. The van der Waals surface area contributed by atoms with E-state index in [0.29, 0.717) is 22.7 Å². The number of hydrogen-bond donors (Lipinski definition) is 3. The molecule has 1 aromatic carbocycles. The fraction of sp³-hybridized carbons (Fsp3) is 0.167. The number of fused-ring (bicyclic) bond motifs is 1. The molecule has 9 heteroatoms. The fourth-order valence-corrected chi connectivity index (χ4v) is 2.94. The third kappa shape index (κ3) is 2.48. The lowest BCUT2D eigenvalue weighted by atomic mass is 10.2. The summed E-state index contributed by atoms with van der Waals surface area (Å²) in [6.45, 7) is 2.41. The number of rotatable bonds is 4. The minimum Gasteiger partial charge on any atom is -0.292 e. The normalized spacial score (nSPS) is 11.0. The van der Waals surface area contributed by atoms with Gasteiger partial charge in [-0.3, -0.25) is 9.99 Å². The maximum absolute atomic E-state index is 11.6. The minimum atomic E-state index is -0.240. The quantitative estimate of drug-likeness (QED) is 0.374. The van der Waals surface area contributed by atoms with E-state index < -0.39 is 0 Å². The van der Waals surface area contributed by atoms with Crippen molar-refractivity contribution >= 4 is 28.6 Å². The summed E-state index contributed by atoms with van der Waals surface area (Å²) in [7, 11) is 0. The van der Waals surface area contributed by atoms with Crippen molar-refractivity contribution in [2.45, 2.75) is 23.7 Å². The highest BCUT2D eigenvalue weighted by Crippen LogP contribution is 2.30. The topological polar surface area (TPSA) is 115 Å². The fourth-order valence-electron chi connectivity index (χ4n) is 1.94. The molecule has 108 valence electrons. The van der Waals surface area contributed by atoms with Gasteiger partial charge in [-0.05, 0) is 24.8 Å². The van der Waals surface area contributed by atoms with E-state index in [1.807, 2.05) is 31.2 Å². The molecule has 2 heterocycles. The van der Waals surface area contributed by atoms with Gasteiger partial charge in [0.25, 0.3) is 0 Å². The van der Waals surface area contributed by atoms with Crippen LogP contribution in [0.3, 0.4) is 0 Å².